The first-order valence-electron chi connectivity index (χ1n) is 4.91. The van der Waals surface area contributed by atoms with Crippen LogP contribution in [0.3, 0.4) is 0 Å². The predicted molar refractivity (Wildman–Crippen MR) is 53.4 cm³/mol. The average molecular weight is 235 g/mol. The van der Waals surface area contributed by atoms with E-state index in [4.69, 9.17) is 0 Å². The van der Waals surface area contributed by atoms with Gasteiger partial charge >= 0.3 is 0 Å². The minimum Gasteiger partial charge on any atom is -0.302 e. The second-order valence-corrected chi connectivity index (χ2v) is 3.68. The quantitative estimate of drug-likeness (QED) is 0.790. The summed E-state index contributed by atoms with van der Waals surface area (Å²) in [5.74, 6) is -1.42. The molecular formula is C11H13F4N. The Labute approximate surface area is 91.5 Å². The van der Waals surface area contributed by atoms with Gasteiger partial charge in [-0.15, -0.1) is 0 Å². The first kappa shape index (κ1) is 13.0. The fraction of sp³-hybridized carbons (Fsp3) is 0.455. The number of nitrogens with one attached hydrogen (secondary N) is 1. The molecule has 0 saturated carbocycles. The first-order valence-corrected chi connectivity index (χ1v) is 4.91. The van der Waals surface area contributed by atoms with E-state index in [1.807, 2.05) is 0 Å². The Morgan fingerprint density at radius 2 is 1.75 bits per heavy atom. The van der Waals surface area contributed by atoms with Crippen LogP contribution >= 0.6 is 0 Å². The van der Waals surface area contributed by atoms with Crippen LogP contribution in [0.4, 0.5) is 17.6 Å². The highest BCUT2D eigenvalue weighted by Crippen LogP contribution is 2.19. The van der Waals surface area contributed by atoms with Crippen LogP contribution in [0.2, 0.25) is 0 Å². The molecule has 1 rings (SSSR count). The van der Waals surface area contributed by atoms with Crippen LogP contribution in [0.15, 0.2) is 18.2 Å². The highest BCUT2D eigenvalue weighted by molar-refractivity contribution is 5.21. The molecule has 0 spiro atoms. The van der Waals surface area contributed by atoms with Gasteiger partial charge in [-0.05, 0) is 19.9 Å². The van der Waals surface area contributed by atoms with E-state index in [9.17, 15) is 17.6 Å². The van der Waals surface area contributed by atoms with Crippen molar-refractivity contribution in [2.24, 2.45) is 0 Å². The molecule has 0 heterocycles. The van der Waals surface area contributed by atoms with Gasteiger partial charge in [-0.3, -0.25) is 0 Å². The van der Waals surface area contributed by atoms with Gasteiger partial charge in [-0.2, -0.15) is 0 Å². The summed E-state index contributed by atoms with van der Waals surface area (Å²) in [6, 6.07) is 1.45. The lowest BCUT2D eigenvalue weighted by atomic mass is 10.1. The van der Waals surface area contributed by atoms with E-state index >= 15 is 0 Å². The standard InChI is InChI=1S/C11H13F4N/c1-6(16-7(2)11(14)15)9-4-3-8(12)5-10(9)13/h3-7,11,16H,1-2H3. The second-order valence-electron chi connectivity index (χ2n) is 3.68. The molecule has 1 aromatic carbocycles. The molecule has 0 aliphatic carbocycles. The molecule has 0 bridgehead atoms. The Morgan fingerprint density at radius 3 is 2.25 bits per heavy atom. The van der Waals surface area contributed by atoms with E-state index in [0.717, 1.165) is 12.1 Å². The third-order valence-corrected chi connectivity index (χ3v) is 2.32. The van der Waals surface area contributed by atoms with Gasteiger partial charge in [-0.1, -0.05) is 6.07 Å². The van der Waals surface area contributed by atoms with Crippen LogP contribution in [0.1, 0.15) is 25.5 Å². The largest absolute Gasteiger partial charge is 0.302 e. The molecule has 0 fully saturated rings. The molecule has 5 heteroatoms. The van der Waals surface area contributed by atoms with Crippen LogP contribution in [-0.4, -0.2) is 12.5 Å². The molecule has 0 radical (unpaired) electrons. The van der Waals surface area contributed by atoms with Crippen LogP contribution < -0.4 is 5.32 Å². The summed E-state index contributed by atoms with van der Waals surface area (Å²) in [6.45, 7) is 2.86. The van der Waals surface area contributed by atoms with Gasteiger partial charge in [0.25, 0.3) is 6.43 Å². The van der Waals surface area contributed by atoms with Gasteiger partial charge in [-0.25, -0.2) is 17.6 Å². The van der Waals surface area contributed by atoms with Crippen LogP contribution in [0.25, 0.3) is 0 Å². The first-order chi connectivity index (χ1) is 7.41. The minimum atomic E-state index is -2.52. The highest BCUT2D eigenvalue weighted by atomic mass is 19.3. The van der Waals surface area contributed by atoms with Crippen molar-refractivity contribution in [2.45, 2.75) is 32.4 Å². The van der Waals surface area contributed by atoms with Crippen molar-refractivity contribution >= 4 is 0 Å². The van der Waals surface area contributed by atoms with Crippen molar-refractivity contribution in [1.82, 2.24) is 5.32 Å². The molecule has 1 nitrogen and oxygen atoms in total. The van der Waals surface area contributed by atoms with Crippen LogP contribution in [0.5, 0.6) is 0 Å². The lowest BCUT2D eigenvalue weighted by Gasteiger charge is -2.20. The molecule has 16 heavy (non-hydrogen) atoms. The summed E-state index contributed by atoms with van der Waals surface area (Å²) in [5, 5.41) is 2.54. The van der Waals surface area contributed by atoms with Crippen LogP contribution in [-0.2, 0) is 0 Å². The second kappa shape index (κ2) is 5.30. The SMILES string of the molecule is CC(NC(C)C(F)F)c1ccc(F)cc1F. The van der Waals surface area contributed by atoms with Crippen molar-refractivity contribution in [1.29, 1.82) is 0 Å². The molecule has 0 aliphatic heterocycles. The normalized spacial score (nSPS) is 15.2. The minimum absolute atomic E-state index is 0.175. The fourth-order valence-electron chi connectivity index (χ4n) is 1.41. The van der Waals surface area contributed by atoms with E-state index in [-0.39, 0.29) is 5.56 Å². The Bertz CT molecular complexity index is 354. The van der Waals surface area contributed by atoms with E-state index in [2.05, 4.69) is 5.32 Å². The van der Waals surface area contributed by atoms with E-state index in [1.165, 1.54) is 13.0 Å². The maximum absolute atomic E-state index is 13.3. The van der Waals surface area contributed by atoms with Gasteiger partial charge in [0.15, 0.2) is 0 Å². The average Bonchev–Trinajstić information content (AvgIpc) is 2.16. The summed E-state index contributed by atoms with van der Waals surface area (Å²) < 4.78 is 50.4. The number of rotatable bonds is 4. The molecule has 1 aromatic rings. The summed E-state index contributed by atoms with van der Waals surface area (Å²) >= 11 is 0. The third-order valence-electron chi connectivity index (χ3n) is 2.32. The molecule has 2 unspecified atom stereocenters. The summed E-state index contributed by atoms with van der Waals surface area (Å²) in [4.78, 5) is 0. The molecule has 0 saturated heterocycles. The van der Waals surface area contributed by atoms with Crippen molar-refractivity contribution in [3.63, 3.8) is 0 Å². The molecule has 2 atom stereocenters. The molecule has 0 aliphatic rings. The molecule has 0 aromatic heterocycles. The van der Waals surface area contributed by atoms with Gasteiger partial charge < -0.3 is 5.32 Å². The monoisotopic (exact) mass is 235 g/mol. The smallest absolute Gasteiger partial charge is 0.253 e. The Kier molecular flexibility index (Phi) is 4.29. The number of halogens is 4. The zero-order valence-electron chi connectivity index (χ0n) is 8.98. The maximum atomic E-state index is 13.3. The maximum Gasteiger partial charge on any atom is 0.253 e. The lowest BCUT2D eigenvalue weighted by molar-refractivity contribution is 0.101. The van der Waals surface area contributed by atoms with Gasteiger partial charge in [0.05, 0.1) is 6.04 Å². The molecular weight excluding hydrogens is 222 g/mol. The summed E-state index contributed by atoms with van der Waals surface area (Å²) in [6.07, 6.45) is -2.52. The van der Waals surface area contributed by atoms with Crippen molar-refractivity contribution in [3.05, 3.63) is 35.4 Å². The summed E-state index contributed by atoms with van der Waals surface area (Å²) in [7, 11) is 0. The zero-order valence-corrected chi connectivity index (χ0v) is 8.98. The van der Waals surface area contributed by atoms with Gasteiger partial charge in [0.1, 0.15) is 11.6 Å². The molecule has 1 N–H and O–H groups in total. The lowest BCUT2D eigenvalue weighted by Crippen LogP contribution is -2.34. The van der Waals surface area contributed by atoms with Gasteiger partial charge in [0, 0.05) is 17.7 Å². The Morgan fingerprint density at radius 1 is 1.12 bits per heavy atom. The van der Waals surface area contributed by atoms with E-state index in [1.54, 1.807) is 6.92 Å². The fourth-order valence-corrected chi connectivity index (χ4v) is 1.41. The van der Waals surface area contributed by atoms with Crippen molar-refractivity contribution in [3.8, 4) is 0 Å². The molecule has 0 amide bonds. The predicted octanol–water partition coefficient (Wildman–Crippen LogP) is 3.27. The molecule has 90 valence electrons. The van der Waals surface area contributed by atoms with Crippen LogP contribution in [0, 0.1) is 11.6 Å². The van der Waals surface area contributed by atoms with E-state index in [0.29, 0.717) is 0 Å². The van der Waals surface area contributed by atoms with Gasteiger partial charge in [0.2, 0.25) is 0 Å². The number of hydrogen-bond acceptors (Lipinski definition) is 1. The number of benzene rings is 1. The Balaban J connectivity index is 2.76. The highest BCUT2D eigenvalue weighted by Gasteiger charge is 2.19. The third kappa shape index (κ3) is 3.20. The summed E-state index contributed by atoms with van der Waals surface area (Å²) in [5.41, 5.74) is 0.175. The van der Waals surface area contributed by atoms with Crippen molar-refractivity contribution in [2.75, 3.05) is 0 Å². The Hall–Kier alpha value is -1.10. The van der Waals surface area contributed by atoms with E-state index < -0.39 is 30.1 Å². The number of hydrogen-bond donors (Lipinski definition) is 1. The van der Waals surface area contributed by atoms with Crippen molar-refractivity contribution < 1.29 is 17.6 Å². The topological polar surface area (TPSA) is 12.0 Å². The number of alkyl halides is 2. The zero-order chi connectivity index (χ0) is 12.3.